The van der Waals surface area contributed by atoms with Gasteiger partial charge >= 0.3 is 0 Å². The summed E-state index contributed by atoms with van der Waals surface area (Å²) in [6, 6.07) is 0. The quantitative estimate of drug-likeness (QED) is 0.400. The molecule has 1 heterocycles. The molecule has 0 aromatic rings. The van der Waals surface area contributed by atoms with E-state index in [-0.39, 0.29) is 4.70 Å². The molecule has 2 unspecified atom stereocenters. The molecule has 0 amide bonds. The molecule has 0 radical (unpaired) electrons. The summed E-state index contributed by atoms with van der Waals surface area (Å²) in [4.78, 5) is 4.14. The highest BCUT2D eigenvalue weighted by atomic mass is 19.0. The number of hydrogen-bond donors (Lipinski definition) is 1. The number of halogens is 1. The van der Waals surface area contributed by atoms with Crippen LogP contribution in [0, 0.1) is 0 Å². The Bertz CT molecular complexity index is 97.6. The predicted octanol–water partition coefficient (Wildman–Crippen LogP) is -3.81. The van der Waals surface area contributed by atoms with E-state index in [0.29, 0.717) is 0 Å². The van der Waals surface area contributed by atoms with Crippen molar-refractivity contribution in [2.24, 2.45) is 0 Å². The summed E-state index contributed by atoms with van der Waals surface area (Å²) < 4.78 is 0. The summed E-state index contributed by atoms with van der Waals surface area (Å²) in [6.45, 7) is 8.42. The minimum absolute atomic E-state index is 0. The lowest BCUT2D eigenvalue weighted by Gasteiger charge is -2.18. The lowest BCUT2D eigenvalue weighted by atomic mass is 10.5. The molecule has 2 atom stereocenters. The summed E-state index contributed by atoms with van der Waals surface area (Å²) in [6.07, 6.45) is 0.745. The maximum absolute atomic E-state index is 2.42. The monoisotopic (exact) mass is 148 g/mol. The molecule has 1 aliphatic heterocycles. The molecule has 1 saturated heterocycles. The Morgan fingerprint density at radius 3 is 2.40 bits per heavy atom. The van der Waals surface area contributed by atoms with Crippen LogP contribution >= 0.6 is 0 Å². The molecule has 0 aliphatic carbocycles. The molecule has 1 N–H and O–H groups in total. The van der Waals surface area contributed by atoms with Gasteiger partial charge in [0.05, 0.1) is 19.6 Å². The van der Waals surface area contributed by atoms with Crippen LogP contribution in [-0.4, -0.2) is 37.7 Å². The molecule has 1 aliphatic rings. The van der Waals surface area contributed by atoms with Gasteiger partial charge in [-0.1, -0.05) is 0 Å². The lowest BCUT2D eigenvalue weighted by Crippen LogP contribution is -3.13. The average Bonchev–Trinajstić information content (AvgIpc) is 2.15. The van der Waals surface area contributed by atoms with E-state index in [1.807, 2.05) is 0 Å². The summed E-state index contributed by atoms with van der Waals surface area (Å²) >= 11 is 0. The summed E-state index contributed by atoms with van der Waals surface area (Å²) in [7, 11) is 2.20. The second-order valence-corrected chi connectivity index (χ2v) is 2.92. The van der Waals surface area contributed by atoms with Gasteiger partial charge < -0.3 is 9.60 Å². The highest BCUT2D eigenvalue weighted by Crippen LogP contribution is 1.90. The van der Waals surface area contributed by atoms with E-state index in [0.717, 1.165) is 6.17 Å². The summed E-state index contributed by atoms with van der Waals surface area (Å²) in [5.41, 5.74) is 0. The van der Waals surface area contributed by atoms with Gasteiger partial charge in [-0.25, -0.2) is 0 Å². The zero-order valence-corrected chi connectivity index (χ0v) is 7.02. The molecule has 1 fully saturated rings. The molecule has 62 valence electrons. The van der Waals surface area contributed by atoms with Gasteiger partial charge in [0.15, 0.2) is 0 Å². The predicted molar refractivity (Wildman–Crippen MR) is 38.5 cm³/mol. The van der Waals surface area contributed by atoms with E-state index in [4.69, 9.17) is 0 Å². The van der Waals surface area contributed by atoms with Crippen molar-refractivity contribution in [3.05, 3.63) is 0 Å². The SMILES string of the molecule is CC[NH+]1CCN(C)C1C.[F-]. The largest absolute Gasteiger partial charge is 1.00 e. The van der Waals surface area contributed by atoms with Gasteiger partial charge in [0.1, 0.15) is 6.17 Å². The number of quaternary nitrogens is 1. The van der Waals surface area contributed by atoms with Crippen LogP contribution in [0.25, 0.3) is 0 Å². The average molecular weight is 148 g/mol. The van der Waals surface area contributed by atoms with Crippen molar-refractivity contribution in [3.8, 4) is 0 Å². The van der Waals surface area contributed by atoms with Gasteiger partial charge in [0, 0.05) is 6.92 Å². The Morgan fingerprint density at radius 2 is 2.20 bits per heavy atom. The van der Waals surface area contributed by atoms with Crippen molar-refractivity contribution < 1.29 is 9.60 Å². The third-order valence-electron chi connectivity index (χ3n) is 2.49. The van der Waals surface area contributed by atoms with Crippen LogP contribution in [-0.2, 0) is 0 Å². The first kappa shape index (κ1) is 9.85. The van der Waals surface area contributed by atoms with E-state index in [2.05, 4.69) is 25.8 Å². The van der Waals surface area contributed by atoms with E-state index in [1.54, 1.807) is 4.90 Å². The van der Waals surface area contributed by atoms with Gasteiger partial charge in [0.2, 0.25) is 0 Å². The van der Waals surface area contributed by atoms with E-state index in [1.165, 1.54) is 19.6 Å². The van der Waals surface area contributed by atoms with Crippen LogP contribution in [0.15, 0.2) is 0 Å². The molecule has 0 spiro atoms. The molecule has 0 saturated carbocycles. The maximum Gasteiger partial charge on any atom is 0.140 e. The van der Waals surface area contributed by atoms with Crippen molar-refractivity contribution in [3.63, 3.8) is 0 Å². The topological polar surface area (TPSA) is 7.68 Å². The lowest BCUT2D eigenvalue weighted by molar-refractivity contribution is -0.914. The number of likely N-dealkylation sites (N-methyl/N-ethyl adjacent to an activating group) is 2. The van der Waals surface area contributed by atoms with Crippen LogP contribution in [0.2, 0.25) is 0 Å². The van der Waals surface area contributed by atoms with E-state index >= 15 is 0 Å². The molecular formula is C7H17FN2. The van der Waals surface area contributed by atoms with Crippen molar-refractivity contribution in [1.82, 2.24) is 4.90 Å². The molecule has 10 heavy (non-hydrogen) atoms. The fourth-order valence-electron chi connectivity index (χ4n) is 1.51. The van der Waals surface area contributed by atoms with Crippen LogP contribution in [0.3, 0.4) is 0 Å². The molecule has 0 bridgehead atoms. The van der Waals surface area contributed by atoms with Crippen molar-refractivity contribution >= 4 is 0 Å². The fraction of sp³-hybridized carbons (Fsp3) is 1.00. The Morgan fingerprint density at radius 1 is 1.60 bits per heavy atom. The Balaban J connectivity index is 0.000000810. The second kappa shape index (κ2) is 3.88. The zero-order valence-electron chi connectivity index (χ0n) is 7.02. The summed E-state index contributed by atoms with van der Waals surface area (Å²) in [5, 5.41) is 0. The Kier molecular flexibility index (Phi) is 3.83. The van der Waals surface area contributed by atoms with Gasteiger partial charge in [-0.3, -0.25) is 4.90 Å². The zero-order chi connectivity index (χ0) is 6.85. The highest BCUT2D eigenvalue weighted by molar-refractivity contribution is 4.56. The first-order chi connectivity index (χ1) is 4.25. The molecule has 0 aromatic heterocycles. The minimum Gasteiger partial charge on any atom is -1.00 e. The maximum atomic E-state index is 2.42. The van der Waals surface area contributed by atoms with Crippen LogP contribution in [0.5, 0.6) is 0 Å². The van der Waals surface area contributed by atoms with Crippen molar-refractivity contribution in [2.75, 3.05) is 26.7 Å². The minimum atomic E-state index is 0. The number of rotatable bonds is 1. The van der Waals surface area contributed by atoms with Crippen LogP contribution < -0.4 is 9.60 Å². The Labute approximate surface area is 62.2 Å². The standard InChI is InChI=1S/C7H16N2.FH/c1-4-9-6-5-8(3)7(9)2;/h7H,4-6H2,1-3H3;1H. The number of hydrogen-bond acceptors (Lipinski definition) is 1. The highest BCUT2D eigenvalue weighted by Gasteiger charge is 2.26. The molecule has 1 rings (SSSR count). The Hall–Kier alpha value is -0.150. The molecule has 3 heteroatoms. The number of nitrogens with zero attached hydrogens (tertiary/aromatic N) is 1. The van der Waals surface area contributed by atoms with E-state index < -0.39 is 0 Å². The van der Waals surface area contributed by atoms with Crippen LogP contribution in [0.4, 0.5) is 0 Å². The van der Waals surface area contributed by atoms with Crippen molar-refractivity contribution in [1.29, 1.82) is 0 Å². The van der Waals surface area contributed by atoms with Crippen molar-refractivity contribution in [2.45, 2.75) is 20.0 Å². The van der Waals surface area contributed by atoms with Gasteiger partial charge in [0.25, 0.3) is 0 Å². The third kappa shape index (κ3) is 1.67. The van der Waals surface area contributed by atoms with Crippen LogP contribution in [0.1, 0.15) is 13.8 Å². The van der Waals surface area contributed by atoms with Gasteiger partial charge in [-0.05, 0) is 14.0 Å². The van der Waals surface area contributed by atoms with Gasteiger partial charge in [-0.2, -0.15) is 0 Å². The molecule has 2 nitrogen and oxygen atoms in total. The smallest absolute Gasteiger partial charge is 0.140 e. The third-order valence-corrected chi connectivity index (χ3v) is 2.49. The molecule has 0 aromatic carbocycles. The van der Waals surface area contributed by atoms with E-state index in [9.17, 15) is 0 Å². The fourth-order valence-corrected chi connectivity index (χ4v) is 1.51. The molecular weight excluding hydrogens is 131 g/mol. The van der Waals surface area contributed by atoms with Gasteiger partial charge in [-0.15, -0.1) is 0 Å². The second-order valence-electron chi connectivity index (χ2n) is 2.92. The summed E-state index contributed by atoms with van der Waals surface area (Å²) in [5.74, 6) is 0. The first-order valence-electron chi connectivity index (χ1n) is 3.80. The first-order valence-corrected chi connectivity index (χ1v) is 3.80. The number of nitrogens with one attached hydrogen (secondary N) is 1. The normalized spacial score (nSPS) is 33.9.